The zero-order valence-corrected chi connectivity index (χ0v) is 8.14. The van der Waals surface area contributed by atoms with Crippen LogP contribution >= 0.6 is 22.6 Å². The lowest BCUT2D eigenvalue weighted by molar-refractivity contribution is 0.102. The van der Waals surface area contributed by atoms with Gasteiger partial charge in [-0.2, -0.15) is 0 Å². The van der Waals surface area contributed by atoms with Crippen molar-refractivity contribution in [2.75, 3.05) is 4.43 Å². The van der Waals surface area contributed by atoms with Crippen molar-refractivity contribution in [3.63, 3.8) is 0 Å². The molecular formula is C8H5F2IO. The molecule has 1 aromatic carbocycles. The fourth-order valence-corrected chi connectivity index (χ4v) is 1.20. The van der Waals surface area contributed by atoms with Gasteiger partial charge >= 0.3 is 0 Å². The van der Waals surface area contributed by atoms with Gasteiger partial charge in [0.15, 0.2) is 5.78 Å². The van der Waals surface area contributed by atoms with Crippen molar-refractivity contribution in [3.05, 3.63) is 35.4 Å². The van der Waals surface area contributed by atoms with Gasteiger partial charge in [0.2, 0.25) is 0 Å². The second-order valence-electron chi connectivity index (χ2n) is 2.18. The third-order valence-electron chi connectivity index (χ3n) is 1.35. The second-order valence-corrected chi connectivity index (χ2v) is 2.94. The quantitative estimate of drug-likeness (QED) is 0.463. The number of Topliss-reactive ketones (excluding diaryl/α,β-unsaturated/α-hetero) is 1. The van der Waals surface area contributed by atoms with E-state index in [4.69, 9.17) is 0 Å². The lowest BCUT2D eigenvalue weighted by Gasteiger charge is -1.98. The van der Waals surface area contributed by atoms with Gasteiger partial charge in [0, 0.05) is 6.07 Å². The smallest absolute Gasteiger partial charge is 0.175 e. The Kier molecular flexibility index (Phi) is 3.13. The number of hydrogen-bond donors (Lipinski definition) is 0. The molecule has 0 spiro atoms. The highest BCUT2D eigenvalue weighted by atomic mass is 127. The summed E-state index contributed by atoms with van der Waals surface area (Å²) in [5, 5.41) is 0. The highest BCUT2D eigenvalue weighted by Gasteiger charge is 2.10. The SMILES string of the molecule is O=C(CI)c1ccc(F)cc1F. The Labute approximate surface area is 81.9 Å². The molecule has 0 unspecified atom stereocenters. The molecule has 0 bridgehead atoms. The number of hydrogen-bond acceptors (Lipinski definition) is 1. The molecule has 1 nitrogen and oxygen atoms in total. The van der Waals surface area contributed by atoms with Gasteiger partial charge in [-0.1, -0.05) is 22.6 Å². The van der Waals surface area contributed by atoms with Crippen LogP contribution in [0.4, 0.5) is 8.78 Å². The third kappa shape index (κ3) is 2.00. The van der Waals surface area contributed by atoms with Gasteiger partial charge in [-0.05, 0) is 12.1 Å². The van der Waals surface area contributed by atoms with Crippen LogP contribution in [0.3, 0.4) is 0 Å². The first-order chi connectivity index (χ1) is 5.65. The van der Waals surface area contributed by atoms with E-state index in [0.29, 0.717) is 6.07 Å². The van der Waals surface area contributed by atoms with Crippen molar-refractivity contribution in [1.82, 2.24) is 0 Å². The van der Waals surface area contributed by atoms with Crippen LogP contribution in [0.1, 0.15) is 10.4 Å². The molecule has 0 aromatic heterocycles. The van der Waals surface area contributed by atoms with Gasteiger partial charge < -0.3 is 0 Å². The fourth-order valence-electron chi connectivity index (χ4n) is 0.788. The summed E-state index contributed by atoms with van der Waals surface area (Å²) < 4.78 is 25.4. The highest BCUT2D eigenvalue weighted by molar-refractivity contribution is 14.1. The fraction of sp³-hybridized carbons (Fsp3) is 0.125. The van der Waals surface area contributed by atoms with E-state index >= 15 is 0 Å². The summed E-state index contributed by atoms with van der Waals surface area (Å²) >= 11 is 1.83. The molecule has 0 fully saturated rings. The van der Waals surface area contributed by atoms with Crippen molar-refractivity contribution in [2.24, 2.45) is 0 Å². The molecule has 0 heterocycles. The van der Waals surface area contributed by atoms with E-state index in [1.165, 1.54) is 0 Å². The zero-order valence-electron chi connectivity index (χ0n) is 5.98. The highest BCUT2D eigenvalue weighted by Crippen LogP contribution is 2.10. The van der Waals surface area contributed by atoms with Gasteiger partial charge in [0.25, 0.3) is 0 Å². The molecule has 0 amide bonds. The minimum atomic E-state index is -0.795. The predicted molar refractivity (Wildman–Crippen MR) is 49.6 cm³/mol. The molecular weight excluding hydrogens is 277 g/mol. The number of alkyl halides is 1. The first-order valence-electron chi connectivity index (χ1n) is 3.19. The normalized spacial score (nSPS) is 9.92. The maximum Gasteiger partial charge on any atom is 0.175 e. The molecule has 0 atom stereocenters. The predicted octanol–water partition coefficient (Wildman–Crippen LogP) is 2.58. The van der Waals surface area contributed by atoms with Gasteiger partial charge in [-0.25, -0.2) is 8.78 Å². The molecule has 0 N–H and O–H groups in total. The van der Waals surface area contributed by atoms with E-state index in [0.717, 1.165) is 12.1 Å². The number of rotatable bonds is 2. The summed E-state index contributed by atoms with van der Waals surface area (Å²) in [6.07, 6.45) is 0. The van der Waals surface area contributed by atoms with Crippen LogP contribution in [0.15, 0.2) is 18.2 Å². The van der Waals surface area contributed by atoms with Gasteiger partial charge in [0.05, 0.1) is 9.99 Å². The van der Waals surface area contributed by atoms with Crippen LogP contribution in [-0.2, 0) is 0 Å². The van der Waals surface area contributed by atoms with Crippen LogP contribution in [0.25, 0.3) is 0 Å². The van der Waals surface area contributed by atoms with E-state index in [2.05, 4.69) is 0 Å². The summed E-state index contributed by atoms with van der Waals surface area (Å²) in [5.74, 6) is -1.79. The van der Waals surface area contributed by atoms with Crippen molar-refractivity contribution in [1.29, 1.82) is 0 Å². The molecule has 64 valence electrons. The summed E-state index contributed by atoms with van der Waals surface area (Å²) in [5.41, 5.74) is -0.0502. The molecule has 12 heavy (non-hydrogen) atoms. The van der Waals surface area contributed by atoms with E-state index in [1.54, 1.807) is 0 Å². The Bertz CT molecular complexity index is 312. The lowest BCUT2D eigenvalue weighted by Crippen LogP contribution is -2.03. The molecule has 0 saturated carbocycles. The molecule has 0 aliphatic rings. The van der Waals surface area contributed by atoms with Crippen molar-refractivity contribution < 1.29 is 13.6 Å². The summed E-state index contributed by atoms with van der Waals surface area (Å²) in [6.45, 7) is 0. The van der Waals surface area contributed by atoms with E-state index < -0.39 is 11.6 Å². The van der Waals surface area contributed by atoms with E-state index in [-0.39, 0.29) is 15.8 Å². The molecule has 4 heteroatoms. The Balaban J connectivity index is 3.09. The summed E-state index contributed by atoms with van der Waals surface area (Å²) in [4.78, 5) is 11.0. The first kappa shape index (κ1) is 9.57. The summed E-state index contributed by atoms with van der Waals surface area (Å²) in [6, 6.07) is 2.94. The minimum Gasteiger partial charge on any atom is -0.293 e. The largest absolute Gasteiger partial charge is 0.293 e. The number of halogens is 3. The Morgan fingerprint density at radius 2 is 2.08 bits per heavy atom. The molecule has 0 radical (unpaired) electrons. The topological polar surface area (TPSA) is 17.1 Å². The average molecular weight is 282 g/mol. The van der Waals surface area contributed by atoms with E-state index in [1.807, 2.05) is 22.6 Å². The van der Waals surface area contributed by atoms with Crippen molar-refractivity contribution in [3.8, 4) is 0 Å². The van der Waals surface area contributed by atoms with Gasteiger partial charge in [-0.15, -0.1) is 0 Å². The number of carbonyl (C=O) groups excluding carboxylic acids is 1. The maximum absolute atomic E-state index is 12.8. The van der Waals surface area contributed by atoms with Crippen molar-refractivity contribution in [2.45, 2.75) is 0 Å². The van der Waals surface area contributed by atoms with Crippen LogP contribution < -0.4 is 0 Å². The third-order valence-corrected chi connectivity index (χ3v) is 2.05. The molecule has 0 aliphatic heterocycles. The standard InChI is InChI=1S/C8H5F2IO/c9-5-1-2-6(7(10)3-5)8(12)4-11/h1-3H,4H2. The average Bonchev–Trinajstić information content (AvgIpc) is 2.03. The number of carbonyl (C=O) groups is 1. The van der Waals surface area contributed by atoms with Crippen LogP contribution in [-0.4, -0.2) is 10.2 Å². The van der Waals surface area contributed by atoms with E-state index in [9.17, 15) is 13.6 Å². The Hall–Kier alpha value is -0.520. The molecule has 0 aliphatic carbocycles. The van der Waals surface area contributed by atoms with Crippen LogP contribution in [0.2, 0.25) is 0 Å². The number of benzene rings is 1. The van der Waals surface area contributed by atoms with Crippen molar-refractivity contribution >= 4 is 28.4 Å². The second kappa shape index (κ2) is 3.93. The molecule has 0 saturated heterocycles. The van der Waals surface area contributed by atoms with Gasteiger partial charge in [0.1, 0.15) is 11.6 Å². The Morgan fingerprint density at radius 1 is 1.42 bits per heavy atom. The van der Waals surface area contributed by atoms with Gasteiger partial charge in [-0.3, -0.25) is 4.79 Å². The minimum absolute atomic E-state index is 0.0502. The van der Waals surface area contributed by atoms with Crippen LogP contribution in [0, 0.1) is 11.6 Å². The summed E-state index contributed by atoms with van der Waals surface area (Å²) in [7, 11) is 0. The molecule has 1 rings (SSSR count). The van der Waals surface area contributed by atoms with Crippen LogP contribution in [0.5, 0.6) is 0 Å². The maximum atomic E-state index is 12.8. The Morgan fingerprint density at radius 3 is 2.58 bits per heavy atom. The monoisotopic (exact) mass is 282 g/mol. The lowest BCUT2D eigenvalue weighted by atomic mass is 10.1. The number of ketones is 1. The molecule has 1 aromatic rings. The zero-order chi connectivity index (χ0) is 9.14. The first-order valence-corrected chi connectivity index (χ1v) is 4.72.